The lowest BCUT2D eigenvalue weighted by molar-refractivity contribution is -0.138. The fraction of sp³-hybridized carbons (Fsp3) is 0.345. The molecule has 2 amide bonds. The van der Waals surface area contributed by atoms with Crippen LogP contribution >= 0.6 is 11.6 Å². The summed E-state index contributed by atoms with van der Waals surface area (Å²) in [6, 6.07) is 8.80. The zero-order chi connectivity index (χ0) is 28.8. The van der Waals surface area contributed by atoms with Crippen LogP contribution in [0.4, 0.5) is 23.2 Å². The number of alkyl halides is 3. The van der Waals surface area contributed by atoms with Gasteiger partial charge in [-0.2, -0.15) is 18.3 Å². The number of benzene rings is 2. The van der Waals surface area contributed by atoms with Gasteiger partial charge in [-0.15, -0.1) is 0 Å². The van der Waals surface area contributed by atoms with E-state index in [2.05, 4.69) is 10.4 Å². The summed E-state index contributed by atoms with van der Waals surface area (Å²) in [6.45, 7) is 1.93. The van der Waals surface area contributed by atoms with Gasteiger partial charge in [-0.05, 0) is 48.6 Å². The minimum absolute atomic E-state index is 0.0208. The molecule has 0 radical (unpaired) electrons. The molecule has 2 atom stereocenters. The van der Waals surface area contributed by atoms with Gasteiger partial charge in [0, 0.05) is 36.7 Å². The number of nitrogens with zero attached hydrogens (tertiary/aromatic N) is 3. The number of carbonyl (C=O) groups is 2. The summed E-state index contributed by atoms with van der Waals surface area (Å²) in [5.41, 5.74) is 1.04. The van der Waals surface area contributed by atoms with Crippen molar-refractivity contribution in [2.24, 2.45) is 13.0 Å². The summed E-state index contributed by atoms with van der Waals surface area (Å²) in [5.74, 6) is -2.13. The monoisotopic (exact) mass is 574 g/mol. The first-order valence-electron chi connectivity index (χ1n) is 13.0. The van der Waals surface area contributed by atoms with Crippen LogP contribution in [-0.4, -0.2) is 33.0 Å². The normalized spacial score (nSPS) is 20.3. The van der Waals surface area contributed by atoms with Gasteiger partial charge >= 0.3 is 6.18 Å². The second-order valence-corrected chi connectivity index (χ2v) is 10.6. The van der Waals surface area contributed by atoms with E-state index in [1.54, 1.807) is 22.8 Å². The van der Waals surface area contributed by atoms with Crippen LogP contribution in [0, 0.1) is 11.7 Å². The molecule has 3 heterocycles. The SMILES string of the molecule is CC1CCCC(N2CCC(c3c(C(F)(F)F)ccc(Cl)c3F)=CC2=O)c2cccc(c2)-c2c(cnn2C)NC1=O. The molecule has 11 heteroatoms. The molecule has 2 unspecified atom stereocenters. The quantitative estimate of drug-likeness (QED) is 0.335. The summed E-state index contributed by atoms with van der Waals surface area (Å²) in [4.78, 5) is 27.9. The van der Waals surface area contributed by atoms with Crippen LogP contribution in [-0.2, 0) is 22.8 Å². The van der Waals surface area contributed by atoms with E-state index in [-0.39, 0.29) is 30.4 Å². The topological polar surface area (TPSA) is 67.2 Å². The summed E-state index contributed by atoms with van der Waals surface area (Å²) in [7, 11) is 1.77. The predicted octanol–water partition coefficient (Wildman–Crippen LogP) is 7.01. The van der Waals surface area contributed by atoms with Gasteiger partial charge in [0.2, 0.25) is 11.8 Å². The second-order valence-electron chi connectivity index (χ2n) is 10.2. The number of anilines is 1. The number of hydrogen-bond donors (Lipinski definition) is 1. The van der Waals surface area contributed by atoms with Crippen LogP contribution in [0.5, 0.6) is 0 Å². The molecule has 0 fully saturated rings. The zero-order valence-electron chi connectivity index (χ0n) is 21.9. The van der Waals surface area contributed by atoms with Gasteiger partial charge in [0.05, 0.1) is 34.2 Å². The highest BCUT2D eigenvalue weighted by molar-refractivity contribution is 6.31. The molecule has 6 nitrogen and oxygen atoms in total. The van der Waals surface area contributed by atoms with Crippen LogP contribution in [0.25, 0.3) is 16.8 Å². The highest BCUT2D eigenvalue weighted by atomic mass is 35.5. The van der Waals surface area contributed by atoms with Crippen LogP contribution in [0.3, 0.4) is 0 Å². The van der Waals surface area contributed by atoms with Gasteiger partial charge in [-0.1, -0.05) is 43.1 Å². The first kappa shape index (κ1) is 27.9. The average molecular weight is 575 g/mol. The van der Waals surface area contributed by atoms with Gasteiger partial charge in [0.15, 0.2) is 0 Å². The van der Waals surface area contributed by atoms with Crippen molar-refractivity contribution in [3.05, 3.63) is 76.2 Å². The van der Waals surface area contributed by atoms with Crippen LogP contribution in [0.1, 0.15) is 55.3 Å². The molecular weight excluding hydrogens is 548 g/mol. The van der Waals surface area contributed by atoms with E-state index in [1.807, 2.05) is 31.2 Å². The van der Waals surface area contributed by atoms with Gasteiger partial charge in [0.1, 0.15) is 5.82 Å². The van der Waals surface area contributed by atoms with Gasteiger partial charge in [-0.25, -0.2) is 4.39 Å². The summed E-state index contributed by atoms with van der Waals surface area (Å²) in [6.07, 6.45) is -0.374. The predicted molar refractivity (Wildman–Crippen MR) is 144 cm³/mol. The van der Waals surface area contributed by atoms with Crippen molar-refractivity contribution in [3.8, 4) is 11.3 Å². The number of aryl methyl sites for hydroxylation is 1. The molecule has 1 aromatic heterocycles. The minimum Gasteiger partial charge on any atom is -0.332 e. The lowest BCUT2D eigenvalue weighted by Crippen LogP contribution is -2.37. The molecule has 2 aliphatic rings. The number of amides is 2. The van der Waals surface area contributed by atoms with E-state index in [1.165, 1.54) is 0 Å². The highest BCUT2D eigenvalue weighted by Crippen LogP contribution is 2.42. The smallest absolute Gasteiger partial charge is 0.332 e. The van der Waals surface area contributed by atoms with Crippen LogP contribution in [0.2, 0.25) is 5.02 Å². The third kappa shape index (κ3) is 5.24. The van der Waals surface area contributed by atoms with Crippen molar-refractivity contribution in [1.29, 1.82) is 0 Å². The second kappa shape index (κ2) is 10.7. The minimum atomic E-state index is -4.82. The molecule has 2 aromatic carbocycles. The molecule has 0 saturated carbocycles. The Kier molecular flexibility index (Phi) is 7.48. The molecule has 1 N–H and O–H groups in total. The van der Waals surface area contributed by atoms with Crippen molar-refractivity contribution < 1.29 is 27.2 Å². The Morgan fingerprint density at radius 3 is 2.62 bits per heavy atom. The van der Waals surface area contributed by atoms with E-state index in [0.717, 1.165) is 29.3 Å². The molecule has 210 valence electrons. The fourth-order valence-corrected chi connectivity index (χ4v) is 5.69. The van der Waals surface area contributed by atoms with Crippen LogP contribution < -0.4 is 5.32 Å². The average Bonchev–Trinajstić information content (AvgIpc) is 3.26. The molecule has 2 aliphatic heterocycles. The number of rotatable bonds is 2. The zero-order valence-corrected chi connectivity index (χ0v) is 22.6. The van der Waals surface area contributed by atoms with Gasteiger partial charge in [-0.3, -0.25) is 14.3 Å². The first-order valence-corrected chi connectivity index (χ1v) is 13.3. The standard InChI is InChI=1S/C29H27ClF4N4O2/c1-16-5-3-8-23(17-6-4-7-19(13-17)27-22(36-28(16)40)15-35-37(27)2)38-12-11-18(14-24(38)39)25-20(29(32,33)34)9-10-21(30)26(25)31/h4,6-7,9-10,13-16,23H,3,5,8,11-12H2,1-2H3,(H,36,40). The Balaban J connectivity index is 1.54. The van der Waals surface area contributed by atoms with E-state index >= 15 is 0 Å². The van der Waals surface area contributed by atoms with Gasteiger partial charge in [0.25, 0.3) is 0 Å². The molecule has 0 spiro atoms. The summed E-state index contributed by atoms with van der Waals surface area (Å²) < 4.78 is 57.7. The lowest BCUT2D eigenvalue weighted by Gasteiger charge is -2.35. The van der Waals surface area contributed by atoms with E-state index in [0.29, 0.717) is 30.6 Å². The van der Waals surface area contributed by atoms with Crippen molar-refractivity contribution in [2.75, 3.05) is 11.9 Å². The van der Waals surface area contributed by atoms with E-state index < -0.39 is 40.1 Å². The molecule has 5 rings (SSSR count). The van der Waals surface area contributed by atoms with E-state index in [9.17, 15) is 27.2 Å². The van der Waals surface area contributed by atoms with Crippen LogP contribution in [0.15, 0.2) is 48.7 Å². The summed E-state index contributed by atoms with van der Waals surface area (Å²) in [5, 5.41) is 6.83. The Bertz CT molecular complexity index is 1510. The number of aromatic nitrogens is 2. The molecular formula is C29H27ClF4N4O2. The summed E-state index contributed by atoms with van der Waals surface area (Å²) >= 11 is 5.83. The van der Waals surface area contributed by atoms with E-state index in [4.69, 9.17) is 11.6 Å². The Labute approximate surface area is 233 Å². The number of hydrogen-bond acceptors (Lipinski definition) is 3. The molecule has 0 aliphatic carbocycles. The highest BCUT2D eigenvalue weighted by Gasteiger charge is 2.38. The molecule has 0 saturated heterocycles. The number of nitrogens with one attached hydrogen (secondary N) is 1. The van der Waals surface area contributed by atoms with Crippen molar-refractivity contribution >= 4 is 34.7 Å². The molecule has 3 aromatic rings. The largest absolute Gasteiger partial charge is 0.417 e. The number of halogens is 5. The molecule has 2 bridgehead atoms. The third-order valence-corrected chi connectivity index (χ3v) is 7.90. The maximum absolute atomic E-state index is 14.9. The van der Waals surface area contributed by atoms with Crippen molar-refractivity contribution in [3.63, 3.8) is 0 Å². The third-order valence-electron chi connectivity index (χ3n) is 7.60. The Morgan fingerprint density at radius 2 is 1.90 bits per heavy atom. The Hall–Kier alpha value is -3.66. The fourth-order valence-electron chi connectivity index (χ4n) is 5.53. The number of fused-ring (bicyclic) bond motifs is 4. The molecule has 40 heavy (non-hydrogen) atoms. The lowest BCUT2D eigenvalue weighted by atomic mass is 9.90. The maximum Gasteiger partial charge on any atom is 0.417 e. The van der Waals surface area contributed by atoms with Crippen molar-refractivity contribution in [2.45, 2.75) is 44.8 Å². The van der Waals surface area contributed by atoms with Gasteiger partial charge < -0.3 is 10.2 Å². The number of carbonyl (C=O) groups excluding carboxylic acids is 2. The Morgan fingerprint density at radius 1 is 1.12 bits per heavy atom. The van der Waals surface area contributed by atoms with Crippen molar-refractivity contribution in [1.82, 2.24) is 14.7 Å². The maximum atomic E-state index is 14.9. The first-order chi connectivity index (χ1) is 19.0.